The van der Waals surface area contributed by atoms with Gasteiger partial charge in [0.1, 0.15) is 5.78 Å². The van der Waals surface area contributed by atoms with E-state index in [-0.39, 0.29) is 23.5 Å². The van der Waals surface area contributed by atoms with Gasteiger partial charge in [-0.15, -0.1) is 0 Å². The van der Waals surface area contributed by atoms with Crippen molar-refractivity contribution < 1.29 is 9.59 Å². The van der Waals surface area contributed by atoms with Crippen LogP contribution in [0.25, 0.3) is 0 Å². The van der Waals surface area contributed by atoms with Gasteiger partial charge in [0.05, 0.1) is 0 Å². The molecule has 1 fully saturated rings. The molecule has 0 heterocycles. The molecule has 1 aliphatic rings. The summed E-state index contributed by atoms with van der Waals surface area (Å²) < 4.78 is 0. The number of amides is 1. The molecule has 0 saturated heterocycles. The maximum atomic E-state index is 12.4. The maximum absolute atomic E-state index is 12.4. The second-order valence-corrected chi connectivity index (χ2v) is 5.90. The molecule has 0 spiro atoms. The second kappa shape index (κ2) is 6.21. The molecule has 3 heteroatoms. The minimum atomic E-state index is -0.164. The minimum absolute atomic E-state index is 0.00634. The van der Waals surface area contributed by atoms with Gasteiger partial charge in [0.25, 0.3) is 0 Å². The molecule has 1 aromatic carbocycles. The Labute approximate surface area is 120 Å². The van der Waals surface area contributed by atoms with Crippen LogP contribution in [0, 0.1) is 25.7 Å². The van der Waals surface area contributed by atoms with Crippen molar-refractivity contribution in [2.45, 2.75) is 46.5 Å². The Bertz CT molecular complexity index is 522. The summed E-state index contributed by atoms with van der Waals surface area (Å²) in [6.07, 6.45) is 3.76. The molecule has 1 saturated carbocycles. The average molecular weight is 273 g/mol. The third kappa shape index (κ3) is 3.27. The molecule has 0 bridgehead atoms. The lowest BCUT2D eigenvalue weighted by Gasteiger charge is -2.28. The number of anilines is 1. The SMILES string of the molecule is CC(=O)C1CCCCC1C(=O)Nc1ccc(C)c(C)c1. The van der Waals surface area contributed by atoms with Crippen LogP contribution in [-0.2, 0) is 9.59 Å². The van der Waals surface area contributed by atoms with Crippen molar-refractivity contribution >= 4 is 17.4 Å². The Morgan fingerprint density at radius 3 is 2.30 bits per heavy atom. The first-order chi connectivity index (χ1) is 9.49. The molecule has 20 heavy (non-hydrogen) atoms. The highest BCUT2D eigenvalue weighted by Gasteiger charge is 2.33. The van der Waals surface area contributed by atoms with Crippen molar-refractivity contribution in [1.82, 2.24) is 0 Å². The zero-order chi connectivity index (χ0) is 14.7. The van der Waals surface area contributed by atoms with Gasteiger partial charge in [0, 0.05) is 17.5 Å². The molecule has 2 unspecified atom stereocenters. The summed E-state index contributed by atoms with van der Waals surface area (Å²) in [5.41, 5.74) is 3.20. The van der Waals surface area contributed by atoms with Crippen LogP contribution in [0.15, 0.2) is 18.2 Å². The molecule has 1 N–H and O–H groups in total. The monoisotopic (exact) mass is 273 g/mol. The van der Waals surface area contributed by atoms with Gasteiger partial charge >= 0.3 is 0 Å². The van der Waals surface area contributed by atoms with E-state index in [4.69, 9.17) is 0 Å². The summed E-state index contributed by atoms with van der Waals surface area (Å²) in [7, 11) is 0. The molecule has 0 aliphatic heterocycles. The van der Waals surface area contributed by atoms with Crippen molar-refractivity contribution in [2.24, 2.45) is 11.8 Å². The van der Waals surface area contributed by atoms with Crippen molar-refractivity contribution in [3.8, 4) is 0 Å². The topological polar surface area (TPSA) is 46.2 Å². The highest BCUT2D eigenvalue weighted by atomic mass is 16.2. The molecular formula is C17H23NO2. The molecule has 0 radical (unpaired) electrons. The Balaban J connectivity index is 2.09. The number of nitrogens with one attached hydrogen (secondary N) is 1. The molecule has 108 valence electrons. The normalized spacial score (nSPS) is 22.4. The fraction of sp³-hybridized carbons (Fsp3) is 0.529. The van der Waals surface area contributed by atoms with Gasteiger partial charge in [0.15, 0.2) is 0 Å². The number of benzene rings is 1. The van der Waals surface area contributed by atoms with Crippen molar-refractivity contribution in [2.75, 3.05) is 5.32 Å². The Morgan fingerprint density at radius 1 is 1.05 bits per heavy atom. The van der Waals surface area contributed by atoms with Crippen molar-refractivity contribution in [1.29, 1.82) is 0 Å². The third-order valence-electron chi connectivity index (χ3n) is 4.40. The molecule has 2 rings (SSSR count). The van der Waals surface area contributed by atoms with Gasteiger partial charge in [-0.1, -0.05) is 18.9 Å². The Kier molecular flexibility index (Phi) is 4.58. The highest BCUT2D eigenvalue weighted by Crippen LogP contribution is 2.31. The van der Waals surface area contributed by atoms with E-state index in [9.17, 15) is 9.59 Å². The van der Waals surface area contributed by atoms with Crippen molar-refractivity contribution in [3.05, 3.63) is 29.3 Å². The highest BCUT2D eigenvalue weighted by molar-refractivity contribution is 5.96. The third-order valence-corrected chi connectivity index (χ3v) is 4.40. The molecular weight excluding hydrogens is 250 g/mol. The number of carbonyl (C=O) groups is 2. The molecule has 1 aromatic rings. The van der Waals surface area contributed by atoms with Gasteiger partial charge in [-0.05, 0) is 56.9 Å². The summed E-state index contributed by atoms with van der Waals surface area (Å²) in [5.74, 6) is -0.128. The van der Waals surface area contributed by atoms with Gasteiger partial charge < -0.3 is 5.32 Å². The molecule has 3 nitrogen and oxygen atoms in total. The first kappa shape index (κ1) is 14.8. The fourth-order valence-corrected chi connectivity index (χ4v) is 2.99. The quantitative estimate of drug-likeness (QED) is 0.914. The standard InChI is InChI=1S/C17H23NO2/c1-11-8-9-14(10-12(11)2)18-17(20)16-7-5-4-6-15(16)13(3)19/h8-10,15-16H,4-7H2,1-3H3,(H,18,20). The number of Topliss-reactive ketones (excluding diaryl/α,β-unsaturated/α-hetero) is 1. The van der Waals surface area contributed by atoms with Crippen LogP contribution in [0.3, 0.4) is 0 Å². The van der Waals surface area contributed by atoms with Crippen LogP contribution in [-0.4, -0.2) is 11.7 Å². The van der Waals surface area contributed by atoms with Gasteiger partial charge in [-0.2, -0.15) is 0 Å². The lowest BCUT2D eigenvalue weighted by atomic mass is 9.76. The molecule has 1 aliphatic carbocycles. The lowest BCUT2D eigenvalue weighted by Crippen LogP contribution is -2.35. The largest absolute Gasteiger partial charge is 0.326 e. The molecule has 2 atom stereocenters. The summed E-state index contributed by atoms with van der Waals surface area (Å²) in [6.45, 7) is 5.68. The predicted molar refractivity (Wildman–Crippen MR) is 80.7 cm³/mol. The zero-order valence-electron chi connectivity index (χ0n) is 12.5. The number of hydrogen-bond acceptors (Lipinski definition) is 2. The first-order valence-corrected chi connectivity index (χ1v) is 7.37. The van der Waals surface area contributed by atoms with Crippen LogP contribution in [0.1, 0.15) is 43.7 Å². The van der Waals surface area contributed by atoms with Gasteiger partial charge in [-0.3, -0.25) is 9.59 Å². The van der Waals surface area contributed by atoms with E-state index in [2.05, 4.69) is 5.32 Å². The Morgan fingerprint density at radius 2 is 1.70 bits per heavy atom. The number of ketones is 1. The number of hydrogen-bond donors (Lipinski definition) is 1. The fourth-order valence-electron chi connectivity index (χ4n) is 2.99. The number of carbonyl (C=O) groups excluding carboxylic acids is 2. The first-order valence-electron chi connectivity index (χ1n) is 7.37. The number of rotatable bonds is 3. The van der Waals surface area contributed by atoms with Gasteiger partial charge in [-0.25, -0.2) is 0 Å². The van der Waals surface area contributed by atoms with Crippen LogP contribution in [0.4, 0.5) is 5.69 Å². The van der Waals surface area contributed by atoms with Crippen molar-refractivity contribution in [3.63, 3.8) is 0 Å². The van der Waals surface area contributed by atoms with Crippen LogP contribution in [0.2, 0.25) is 0 Å². The predicted octanol–water partition coefficient (Wildman–Crippen LogP) is 3.64. The molecule has 1 amide bonds. The van der Waals surface area contributed by atoms with E-state index in [0.717, 1.165) is 36.9 Å². The Hall–Kier alpha value is -1.64. The average Bonchev–Trinajstić information content (AvgIpc) is 2.43. The smallest absolute Gasteiger partial charge is 0.228 e. The lowest BCUT2D eigenvalue weighted by molar-refractivity contribution is -0.131. The van der Waals surface area contributed by atoms with E-state index < -0.39 is 0 Å². The van der Waals surface area contributed by atoms with E-state index >= 15 is 0 Å². The summed E-state index contributed by atoms with van der Waals surface area (Å²) in [6, 6.07) is 5.92. The second-order valence-electron chi connectivity index (χ2n) is 5.90. The number of aryl methyl sites for hydroxylation is 2. The van der Waals surface area contributed by atoms with Crippen LogP contribution < -0.4 is 5.32 Å². The maximum Gasteiger partial charge on any atom is 0.228 e. The van der Waals surface area contributed by atoms with E-state index in [1.165, 1.54) is 5.56 Å². The van der Waals surface area contributed by atoms with Crippen LogP contribution >= 0.6 is 0 Å². The summed E-state index contributed by atoms with van der Waals surface area (Å²) >= 11 is 0. The van der Waals surface area contributed by atoms with E-state index in [1.807, 2.05) is 32.0 Å². The minimum Gasteiger partial charge on any atom is -0.326 e. The van der Waals surface area contributed by atoms with Gasteiger partial charge in [0.2, 0.25) is 5.91 Å². The summed E-state index contributed by atoms with van der Waals surface area (Å²) in [4.78, 5) is 24.1. The van der Waals surface area contributed by atoms with E-state index in [0.29, 0.717) is 0 Å². The molecule has 0 aromatic heterocycles. The summed E-state index contributed by atoms with van der Waals surface area (Å²) in [5, 5.41) is 2.97. The van der Waals surface area contributed by atoms with Crippen LogP contribution in [0.5, 0.6) is 0 Å². The zero-order valence-corrected chi connectivity index (χ0v) is 12.5. The van der Waals surface area contributed by atoms with E-state index in [1.54, 1.807) is 6.92 Å².